The van der Waals surface area contributed by atoms with E-state index < -0.39 is 32.3 Å². The van der Waals surface area contributed by atoms with Crippen molar-refractivity contribution in [1.29, 1.82) is 0 Å². The molecule has 3 aromatic rings. The molecule has 0 atom stereocenters. The van der Waals surface area contributed by atoms with E-state index in [1.165, 1.54) is 9.13 Å². The lowest BCUT2D eigenvalue weighted by atomic mass is 10.3. The van der Waals surface area contributed by atoms with Crippen LogP contribution >= 0.6 is 0 Å². The van der Waals surface area contributed by atoms with Crippen molar-refractivity contribution in [2.75, 3.05) is 0 Å². The molecule has 0 amide bonds. The number of primary sulfonamides is 1. The van der Waals surface area contributed by atoms with Gasteiger partial charge in [0, 0.05) is 13.6 Å². The van der Waals surface area contributed by atoms with Gasteiger partial charge in [-0.25, -0.2) is 28.1 Å². The normalized spacial score (nSPS) is 11.8. The molecule has 3 aromatic heterocycles. The number of hydrogen-bond donors (Lipinski definition) is 2. The second-order valence-corrected chi connectivity index (χ2v) is 7.76. The third-order valence-corrected chi connectivity index (χ3v) is 5.02. The van der Waals surface area contributed by atoms with Gasteiger partial charge < -0.3 is 13.7 Å². The maximum absolute atomic E-state index is 12.2. The Bertz CT molecular complexity index is 1300. The summed E-state index contributed by atoms with van der Waals surface area (Å²) in [6.07, 6.45) is 1.56. The number of unbranched alkanes of at least 4 members (excludes halogenated alkanes) is 1. The van der Waals surface area contributed by atoms with Crippen LogP contribution in [0.1, 0.15) is 36.1 Å². The van der Waals surface area contributed by atoms with Crippen LogP contribution in [0.15, 0.2) is 31.2 Å². The number of ether oxygens (including phenoxy) is 1. The molecule has 0 saturated carbocycles. The van der Waals surface area contributed by atoms with Crippen molar-refractivity contribution in [3.8, 4) is 0 Å². The Hall–Kier alpha value is -3.19. The van der Waals surface area contributed by atoms with Gasteiger partial charge in [0.25, 0.3) is 15.6 Å². The van der Waals surface area contributed by atoms with E-state index in [0.29, 0.717) is 13.0 Å². The lowest BCUT2D eigenvalue weighted by molar-refractivity contribution is 0.0417. The number of rotatable bonds is 7. The highest BCUT2D eigenvalue weighted by Gasteiger charge is 2.21. The third-order valence-electron chi connectivity index (χ3n) is 4.24. The number of aromatic amines is 1. The molecule has 156 valence electrons. The van der Waals surface area contributed by atoms with E-state index in [9.17, 15) is 22.8 Å². The van der Waals surface area contributed by atoms with E-state index >= 15 is 0 Å². The van der Waals surface area contributed by atoms with E-state index in [-0.39, 0.29) is 29.4 Å². The predicted octanol–water partition coefficient (Wildman–Crippen LogP) is -0.179. The second-order valence-electron chi connectivity index (χ2n) is 6.26. The average Bonchev–Trinajstić information content (AvgIpc) is 3.25. The van der Waals surface area contributed by atoms with E-state index in [2.05, 4.69) is 9.97 Å². The molecule has 12 nitrogen and oxygen atoms in total. The van der Waals surface area contributed by atoms with Gasteiger partial charge in [0.2, 0.25) is 10.9 Å². The van der Waals surface area contributed by atoms with Gasteiger partial charge in [0.1, 0.15) is 12.4 Å². The highest BCUT2D eigenvalue weighted by Crippen LogP contribution is 2.15. The van der Waals surface area contributed by atoms with Crippen LogP contribution in [0.2, 0.25) is 0 Å². The Kier molecular flexibility index (Phi) is 5.44. The molecule has 3 heterocycles. The molecule has 0 unspecified atom stereocenters. The number of H-pyrrole nitrogens is 1. The van der Waals surface area contributed by atoms with E-state index in [1.54, 1.807) is 7.05 Å². The Morgan fingerprint density at radius 3 is 2.69 bits per heavy atom. The van der Waals surface area contributed by atoms with Gasteiger partial charge in [-0.2, -0.15) is 0 Å². The summed E-state index contributed by atoms with van der Waals surface area (Å²) in [4.78, 5) is 42.9. The smallest absolute Gasteiger partial charge is 0.374 e. The molecule has 0 aliphatic rings. The van der Waals surface area contributed by atoms with Gasteiger partial charge >= 0.3 is 11.7 Å². The Morgan fingerprint density at radius 2 is 2.07 bits per heavy atom. The van der Waals surface area contributed by atoms with Crippen molar-refractivity contribution >= 4 is 27.2 Å². The first kappa shape index (κ1) is 20.5. The fourth-order valence-electron chi connectivity index (χ4n) is 2.73. The number of esters is 1. The number of hydrogen-bond acceptors (Lipinski definition) is 8. The quantitative estimate of drug-likeness (QED) is 0.491. The van der Waals surface area contributed by atoms with Crippen LogP contribution in [0, 0.1) is 0 Å². The van der Waals surface area contributed by atoms with Crippen LogP contribution in [0.25, 0.3) is 11.2 Å². The zero-order valence-electron chi connectivity index (χ0n) is 15.7. The summed E-state index contributed by atoms with van der Waals surface area (Å²) in [5.74, 6) is -1.08. The van der Waals surface area contributed by atoms with Crippen LogP contribution in [-0.2, 0) is 35.0 Å². The minimum atomic E-state index is -4.09. The SMILES string of the molecule is CCCCn1c(=O)[nH]c(=O)c2c1nc(COC(=O)c1ccc(S(N)(=O)=O)o1)n2C. The number of nitrogens with one attached hydrogen (secondary N) is 1. The van der Waals surface area contributed by atoms with Gasteiger partial charge in [-0.1, -0.05) is 13.3 Å². The third kappa shape index (κ3) is 4.00. The zero-order chi connectivity index (χ0) is 21.3. The zero-order valence-corrected chi connectivity index (χ0v) is 16.5. The maximum Gasteiger partial charge on any atom is 0.374 e. The van der Waals surface area contributed by atoms with Crippen LogP contribution in [-0.4, -0.2) is 33.5 Å². The number of aryl methyl sites for hydroxylation is 2. The molecule has 13 heteroatoms. The van der Waals surface area contributed by atoms with Crippen molar-refractivity contribution < 1.29 is 22.4 Å². The van der Waals surface area contributed by atoms with Gasteiger partial charge in [-0.3, -0.25) is 14.3 Å². The van der Waals surface area contributed by atoms with E-state index in [4.69, 9.17) is 14.3 Å². The second kappa shape index (κ2) is 7.67. The molecule has 0 spiro atoms. The van der Waals surface area contributed by atoms with Crippen LogP contribution < -0.4 is 16.4 Å². The van der Waals surface area contributed by atoms with Crippen LogP contribution in [0.3, 0.4) is 0 Å². The number of carbonyl (C=O) groups is 1. The molecule has 3 rings (SSSR count). The number of carbonyl (C=O) groups excluding carboxylic acids is 1. The van der Waals surface area contributed by atoms with Crippen molar-refractivity contribution in [2.24, 2.45) is 12.2 Å². The number of furan rings is 1. The molecule has 0 saturated heterocycles. The summed E-state index contributed by atoms with van der Waals surface area (Å²) in [5, 5.41) is 4.36. The molecule has 0 aromatic carbocycles. The summed E-state index contributed by atoms with van der Waals surface area (Å²) < 4.78 is 35.2. The van der Waals surface area contributed by atoms with E-state index in [1.807, 2.05) is 6.92 Å². The van der Waals surface area contributed by atoms with Crippen molar-refractivity contribution in [1.82, 2.24) is 19.1 Å². The summed E-state index contributed by atoms with van der Waals surface area (Å²) in [7, 11) is -2.54. The molecular weight excluding hydrogens is 406 g/mol. The Morgan fingerprint density at radius 1 is 1.34 bits per heavy atom. The first-order valence-corrected chi connectivity index (χ1v) is 10.2. The predicted molar refractivity (Wildman–Crippen MR) is 99.7 cm³/mol. The summed E-state index contributed by atoms with van der Waals surface area (Å²) in [6.45, 7) is 2.01. The van der Waals surface area contributed by atoms with Crippen molar-refractivity contribution in [3.63, 3.8) is 0 Å². The van der Waals surface area contributed by atoms with Gasteiger partial charge in [0.05, 0.1) is 0 Å². The van der Waals surface area contributed by atoms with E-state index in [0.717, 1.165) is 18.6 Å². The number of sulfonamides is 1. The maximum atomic E-state index is 12.2. The number of imidazole rings is 1. The fourth-order valence-corrected chi connectivity index (χ4v) is 3.19. The van der Waals surface area contributed by atoms with Crippen LogP contribution in [0.5, 0.6) is 0 Å². The van der Waals surface area contributed by atoms with Gasteiger partial charge in [0.15, 0.2) is 11.2 Å². The number of fused-ring (bicyclic) bond motifs is 1. The molecule has 29 heavy (non-hydrogen) atoms. The first-order chi connectivity index (χ1) is 13.6. The topological polar surface area (TPSA) is 172 Å². The Labute approximate surface area is 164 Å². The minimum Gasteiger partial charge on any atom is -0.452 e. The summed E-state index contributed by atoms with van der Waals surface area (Å²) in [6, 6.07) is 2.15. The standard InChI is InChI=1S/C16H19N5O7S/c1-3-4-7-21-13-12(14(22)19-16(21)24)20(2)10(18-13)8-27-15(23)9-5-6-11(28-9)29(17,25)26/h5-6H,3-4,7-8H2,1-2H3,(H2,17,25,26)(H,19,22,24). The van der Waals surface area contributed by atoms with Crippen molar-refractivity contribution in [3.05, 3.63) is 44.6 Å². The molecular formula is C16H19N5O7S. The number of aromatic nitrogens is 4. The number of nitrogens with zero attached hydrogens (tertiary/aromatic N) is 3. The molecule has 0 bridgehead atoms. The average molecular weight is 425 g/mol. The lowest BCUT2D eigenvalue weighted by Crippen LogP contribution is -2.31. The minimum absolute atomic E-state index is 0.168. The summed E-state index contributed by atoms with van der Waals surface area (Å²) in [5.41, 5.74) is -0.811. The molecule has 3 N–H and O–H groups in total. The van der Waals surface area contributed by atoms with Crippen LogP contribution in [0.4, 0.5) is 0 Å². The molecule has 0 aliphatic carbocycles. The van der Waals surface area contributed by atoms with Gasteiger partial charge in [-0.05, 0) is 18.6 Å². The lowest BCUT2D eigenvalue weighted by Gasteiger charge is -2.04. The van der Waals surface area contributed by atoms with Gasteiger partial charge in [-0.15, -0.1) is 0 Å². The fraction of sp³-hybridized carbons (Fsp3) is 0.375. The largest absolute Gasteiger partial charge is 0.452 e. The molecule has 0 aliphatic heterocycles. The van der Waals surface area contributed by atoms with Crippen molar-refractivity contribution in [2.45, 2.75) is 38.0 Å². The summed E-state index contributed by atoms with van der Waals surface area (Å²) >= 11 is 0. The number of nitrogens with two attached hydrogens (primary N) is 1. The Balaban J connectivity index is 1.89. The highest BCUT2D eigenvalue weighted by molar-refractivity contribution is 7.89. The highest BCUT2D eigenvalue weighted by atomic mass is 32.2. The first-order valence-electron chi connectivity index (χ1n) is 8.61. The molecule has 0 fully saturated rings. The monoisotopic (exact) mass is 425 g/mol. The molecule has 0 radical (unpaired) electrons.